The minimum absolute atomic E-state index is 0.0902. The van der Waals surface area contributed by atoms with Crippen molar-refractivity contribution >= 4 is 43.6 Å². The molecule has 0 fully saturated rings. The summed E-state index contributed by atoms with van der Waals surface area (Å²) in [6.07, 6.45) is -4.75. The molecule has 0 aliphatic carbocycles. The maximum atomic E-state index is 14.7. The number of hydrogen-bond acceptors (Lipinski definition) is 4. The highest BCUT2D eigenvalue weighted by Crippen LogP contribution is 2.44. The fourth-order valence-electron chi connectivity index (χ4n) is 7.83. The van der Waals surface area contributed by atoms with Gasteiger partial charge in [-0.15, -0.1) is 0 Å². The van der Waals surface area contributed by atoms with Gasteiger partial charge in [0, 0.05) is 32.7 Å². The van der Waals surface area contributed by atoms with Gasteiger partial charge in [-0.3, -0.25) is 0 Å². The van der Waals surface area contributed by atoms with E-state index < -0.39 is 11.7 Å². The lowest BCUT2D eigenvalue weighted by Crippen LogP contribution is -2.08. The Bertz CT molecular complexity index is 3300. The summed E-state index contributed by atoms with van der Waals surface area (Å²) < 4.78 is 48.0. The van der Waals surface area contributed by atoms with E-state index in [0.717, 1.165) is 49.7 Å². The second kappa shape index (κ2) is 12.8. The van der Waals surface area contributed by atoms with Crippen LogP contribution in [-0.2, 0) is 6.18 Å². The Morgan fingerprint density at radius 3 is 1.32 bits per heavy atom. The molecule has 9 rings (SSSR count). The lowest BCUT2D eigenvalue weighted by atomic mass is 9.93. The zero-order valence-electron chi connectivity index (χ0n) is 29.1. The predicted molar refractivity (Wildman–Crippen MR) is 210 cm³/mol. The summed E-state index contributed by atoms with van der Waals surface area (Å²) in [5.74, 6) is 0. The number of alkyl halides is 3. The summed E-state index contributed by atoms with van der Waals surface area (Å²) in [5.41, 5.74) is 6.17. The van der Waals surface area contributed by atoms with E-state index in [9.17, 15) is 34.2 Å². The molecule has 0 amide bonds. The Balaban J connectivity index is 1.42. The summed E-state index contributed by atoms with van der Waals surface area (Å²) in [4.78, 5) is 0. The summed E-state index contributed by atoms with van der Waals surface area (Å²) in [6, 6.07) is 48.9. The van der Waals surface area contributed by atoms with Gasteiger partial charge in [0.25, 0.3) is 0 Å². The highest BCUT2D eigenvalue weighted by molar-refractivity contribution is 6.12. The molecular formula is C47H23F3N6. The second-order valence-electron chi connectivity index (χ2n) is 13.3. The minimum Gasteiger partial charge on any atom is -0.309 e. The van der Waals surface area contributed by atoms with E-state index in [1.807, 2.05) is 88.0 Å². The summed E-state index contributed by atoms with van der Waals surface area (Å²) in [7, 11) is 0. The van der Waals surface area contributed by atoms with Gasteiger partial charge in [0.2, 0.25) is 0 Å². The fourth-order valence-corrected chi connectivity index (χ4v) is 7.83. The van der Waals surface area contributed by atoms with Gasteiger partial charge in [-0.25, -0.2) is 0 Å². The average Bonchev–Trinajstić information content (AvgIpc) is 3.74. The fraction of sp³-hybridized carbons (Fsp3) is 0.0213. The molecule has 2 heterocycles. The van der Waals surface area contributed by atoms with E-state index in [1.54, 1.807) is 48.5 Å². The first-order valence-corrected chi connectivity index (χ1v) is 17.4. The van der Waals surface area contributed by atoms with Crippen LogP contribution in [0.15, 0.2) is 140 Å². The zero-order chi connectivity index (χ0) is 38.7. The first-order valence-electron chi connectivity index (χ1n) is 17.4. The Morgan fingerprint density at radius 2 is 0.804 bits per heavy atom. The van der Waals surface area contributed by atoms with Crippen LogP contribution in [0, 0.1) is 45.3 Å². The Morgan fingerprint density at radius 1 is 0.393 bits per heavy atom. The number of benzene rings is 7. The zero-order valence-corrected chi connectivity index (χ0v) is 29.1. The first kappa shape index (κ1) is 33.7. The van der Waals surface area contributed by atoms with Gasteiger partial charge < -0.3 is 9.13 Å². The van der Waals surface area contributed by atoms with E-state index in [-0.39, 0.29) is 16.7 Å². The maximum Gasteiger partial charge on any atom is 0.417 e. The number of para-hydroxylation sites is 2. The molecule has 0 bridgehead atoms. The number of fused-ring (bicyclic) bond motifs is 6. The van der Waals surface area contributed by atoms with Gasteiger partial charge in [0.1, 0.15) is 0 Å². The predicted octanol–water partition coefficient (Wildman–Crippen LogP) is 11.7. The normalized spacial score (nSPS) is 11.4. The van der Waals surface area contributed by atoms with E-state index in [1.165, 1.54) is 12.1 Å². The van der Waals surface area contributed by atoms with E-state index >= 15 is 0 Å². The van der Waals surface area contributed by atoms with Crippen molar-refractivity contribution in [3.05, 3.63) is 167 Å². The van der Waals surface area contributed by atoms with E-state index in [4.69, 9.17) is 0 Å². The Hall–Kier alpha value is -8.11. The smallest absolute Gasteiger partial charge is 0.309 e. The molecule has 6 nitrogen and oxygen atoms in total. The number of nitriles is 4. The van der Waals surface area contributed by atoms with Crippen molar-refractivity contribution in [3.63, 3.8) is 0 Å². The number of rotatable bonds is 4. The van der Waals surface area contributed by atoms with E-state index in [0.29, 0.717) is 39.2 Å². The molecule has 0 N–H and O–H groups in total. The molecule has 0 unspecified atom stereocenters. The molecule has 0 radical (unpaired) electrons. The standard InChI is InChI=1S/C47H23F3N6/c48-47(49,50)40-21-30(26-53)9-14-33(40)32-13-16-37(46(23-32)56-42-8-4-2-6-35(42)39-20-29(25-52)12-18-44(39)56)36-15-10-31(27-54)22-45(36)55-41-7-3-1-5-34(41)38-19-28(24-51)11-17-43(38)55/h1-23H. The second-order valence-corrected chi connectivity index (χ2v) is 13.3. The van der Waals surface area contributed by atoms with Crippen molar-refractivity contribution in [1.82, 2.24) is 9.13 Å². The SMILES string of the molecule is N#Cc1ccc(-c2ccc(-c3ccc(C#N)cc3C(F)(F)F)cc2-n2c3ccccc3c3cc(C#N)ccc32)c(-n2c3ccccc3c3cc(C#N)ccc32)c1. The number of halogens is 3. The molecule has 0 aliphatic rings. The van der Waals surface area contributed by atoms with Gasteiger partial charge in [-0.1, -0.05) is 60.7 Å². The van der Waals surface area contributed by atoms with Crippen LogP contribution in [0.1, 0.15) is 27.8 Å². The topological polar surface area (TPSA) is 105 Å². The van der Waals surface area contributed by atoms with Crippen LogP contribution in [0.3, 0.4) is 0 Å². The third-order valence-corrected chi connectivity index (χ3v) is 10.3. The minimum atomic E-state index is -4.75. The molecule has 2 aromatic heterocycles. The molecular weight excluding hydrogens is 706 g/mol. The van der Waals surface area contributed by atoms with Gasteiger partial charge in [-0.2, -0.15) is 34.2 Å². The molecule has 0 spiro atoms. The van der Waals surface area contributed by atoms with Crippen LogP contribution >= 0.6 is 0 Å². The largest absolute Gasteiger partial charge is 0.417 e. The van der Waals surface area contributed by atoms with Crippen molar-refractivity contribution in [2.45, 2.75) is 6.18 Å². The molecule has 9 heteroatoms. The maximum absolute atomic E-state index is 14.7. The van der Waals surface area contributed by atoms with Gasteiger partial charge in [-0.05, 0) is 90.0 Å². The summed E-state index contributed by atoms with van der Waals surface area (Å²) >= 11 is 0. The quantitative estimate of drug-likeness (QED) is 0.180. The third-order valence-electron chi connectivity index (χ3n) is 10.3. The van der Waals surface area contributed by atoms with Crippen LogP contribution < -0.4 is 0 Å². The van der Waals surface area contributed by atoms with Crippen LogP contribution in [0.25, 0.3) is 77.2 Å². The van der Waals surface area contributed by atoms with Gasteiger partial charge in [0.05, 0.1) is 85.5 Å². The molecule has 0 aliphatic heterocycles. The van der Waals surface area contributed by atoms with Crippen LogP contribution in [0.4, 0.5) is 13.2 Å². The Labute approximate surface area is 317 Å². The van der Waals surface area contributed by atoms with Gasteiger partial charge in [0.15, 0.2) is 0 Å². The molecule has 7 aromatic carbocycles. The van der Waals surface area contributed by atoms with Crippen molar-refractivity contribution < 1.29 is 13.2 Å². The highest BCUT2D eigenvalue weighted by atomic mass is 19.4. The molecule has 262 valence electrons. The molecule has 56 heavy (non-hydrogen) atoms. The third kappa shape index (κ3) is 5.24. The molecule has 0 saturated carbocycles. The Kier molecular flexibility index (Phi) is 7.69. The van der Waals surface area contributed by atoms with Crippen molar-refractivity contribution in [2.24, 2.45) is 0 Å². The number of hydrogen-bond donors (Lipinski definition) is 0. The van der Waals surface area contributed by atoms with Crippen molar-refractivity contribution in [3.8, 4) is 57.9 Å². The van der Waals surface area contributed by atoms with Crippen molar-refractivity contribution in [2.75, 3.05) is 0 Å². The first-order chi connectivity index (χ1) is 27.2. The lowest BCUT2D eigenvalue weighted by Gasteiger charge is -2.21. The molecule has 0 saturated heterocycles. The summed E-state index contributed by atoms with van der Waals surface area (Å²) in [6.45, 7) is 0. The lowest BCUT2D eigenvalue weighted by molar-refractivity contribution is -0.137. The average molecular weight is 729 g/mol. The van der Waals surface area contributed by atoms with Crippen LogP contribution in [0.2, 0.25) is 0 Å². The number of aromatic nitrogens is 2. The monoisotopic (exact) mass is 728 g/mol. The van der Waals surface area contributed by atoms with E-state index in [2.05, 4.69) is 18.2 Å². The molecule has 9 aromatic rings. The molecule has 0 atom stereocenters. The van der Waals surface area contributed by atoms with Crippen LogP contribution in [0.5, 0.6) is 0 Å². The van der Waals surface area contributed by atoms with Crippen molar-refractivity contribution in [1.29, 1.82) is 21.0 Å². The van der Waals surface area contributed by atoms with Crippen LogP contribution in [-0.4, -0.2) is 9.13 Å². The van der Waals surface area contributed by atoms with Gasteiger partial charge >= 0.3 is 6.18 Å². The summed E-state index contributed by atoms with van der Waals surface area (Å²) in [5, 5.41) is 42.6. The number of nitrogens with zero attached hydrogens (tertiary/aromatic N) is 6. The highest BCUT2D eigenvalue weighted by Gasteiger charge is 2.34.